The quantitative estimate of drug-likeness (QED) is 0.207. The molecule has 2 rings (SSSR count). The number of methoxy groups -OCH3 is 1. The van der Waals surface area contributed by atoms with Crippen molar-refractivity contribution >= 4 is 29.9 Å². The number of aromatic nitrogens is 3. The first-order valence-electron chi connectivity index (χ1n) is 9.72. The smallest absolute Gasteiger partial charge is 0.191 e. The Bertz CT molecular complexity index is 750. The van der Waals surface area contributed by atoms with Gasteiger partial charge in [0, 0.05) is 33.4 Å². The zero-order valence-corrected chi connectivity index (χ0v) is 20.1. The molecule has 0 saturated carbocycles. The van der Waals surface area contributed by atoms with Gasteiger partial charge in [-0.15, -0.1) is 34.2 Å². The van der Waals surface area contributed by atoms with Gasteiger partial charge in [-0.05, 0) is 38.3 Å². The average molecular weight is 516 g/mol. The predicted octanol–water partition coefficient (Wildman–Crippen LogP) is 2.45. The highest BCUT2D eigenvalue weighted by atomic mass is 127. The van der Waals surface area contributed by atoms with Crippen LogP contribution in [0.2, 0.25) is 0 Å². The van der Waals surface area contributed by atoms with Gasteiger partial charge in [-0.25, -0.2) is 4.99 Å². The van der Waals surface area contributed by atoms with Gasteiger partial charge in [0.15, 0.2) is 11.8 Å². The third kappa shape index (κ3) is 8.57. The van der Waals surface area contributed by atoms with Crippen LogP contribution in [0.15, 0.2) is 29.3 Å². The van der Waals surface area contributed by atoms with Gasteiger partial charge in [-0.1, -0.05) is 18.2 Å². The lowest BCUT2D eigenvalue weighted by Crippen LogP contribution is -2.39. The van der Waals surface area contributed by atoms with Gasteiger partial charge < -0.3 is 24.7 Å². The van der Waals surface area contributed by atoms with E-state index in [4.69, 9.17) is 9.47 Å². The number of benzene rings is 1. The van der Waals surface area contributed by atoms with Crippen LogP contribution in [0, 0.1) is 6.92 Å². The lowest BCUT2D eigenvalue weighted by Gasteiger charge is -2.14. The number of ether oxygens (including phenoxy) is 2. The molecule has 0 bridgehead atoms. The van der Waals surface area contributed by atoms with Crippen molar-refractivity contribution in [3.05, 3.63) is 41.5 Å². The second-order valence-corrected chi connectivity index (χ2v) is 6.35. The van der Waals surface area contributed by atoms with E-state index in [1.807, 2.05) is 43.7 Å². The number of hydrogen-bond donors (Lipinski definition) is 2. The van der Waals surface area contributed by atoms with Crippen LogP contribution in [0.3, 0.4) is 0 Å². The zero-order chi connectivity index (χ0) is 20.2. The lowest BCUT2D eigenvalue weighted by atomic mass is 10.1. The fourth-order valence-electron chi connectivity index (χ4n) is 2.66. The van der Waals surface area contributed by atoms with E-state index in [0.717, 1.165) is 68.1 Å². The molecule has 162 valence electrons. The van der Waals surface area contributed by atoms with Crippen LogP contribution in [0.4, 0.5) is 0 Å². The first-order valence-corrected chi connectivity index (χ1v) is 9.72. The molecule has 0 aliphatic heterocycles. The highest BCUT2D eigenvalue weighted by molar-refractivity contribution is 14.0. The van der Waals surface area contributed by atoms with Crippen molar-refractivity contribution in [2.75, 3.05) is 33.4 Å². The SMILES string of the molecule is CCOCCCNC(=NCc1nnc(C)n1C)NCCc1ccccc1OC.I. The molecule has 2 aromatic rings. The summed E-state index contributed by atoms with van der Waals surface area (Å²) in [5.41, 5.74) is 1.16. The van der Waals surface area contributed by atoms with Gasteiger partial charge in [-0.2, -0.15) is 0 Å². The summed E-state index contributed by atoms with van der Waals surface area (Å²) in [5.74, 6) is 3.37. The number of aryl methyl sites for hydroxylation is 1. The van der Waals surface area contributed by atoms with Gasteiger partial charge >= 0.3 is 0 Å². The van der Waals surface area contributed by atoms with Crippen molar-refractivity contribution in [3.8, 4) is 5.75 Å². The molecule has 0 unspecified atom stereocenters. The van der Waals surface area contributed by atoms with Crippen molar-refractivity contribution < 1.29 is 9.47 Å². The van der Waals surface area contributed by atoms with Crippen LogP contribution in [0.1, 0.15) is 30.6 Å². The Hall–Kier alpha value is -1.88. The van der Waals surface area contributed by atoms with Gasteiger partial charge in [0.05, 0.1) is 7.11 Å². The van der Waals surface area contributed by atoms with E-state index in [0.29, 0.717) is 6.54 Å². The first-order chi connectivity index (χ1) is 13.7. The molecule has 2 N–H and O–H groups in total. The van der Waals surface area contributed by atoms with Crippen molar-refractivity contribution in [1.82, 2.24) is 25.4 Å². The molecule has 0 amide bonds. The fraction of sp³-hybridized carbons (Fsp3) is 0.550. The second-order valence-electron chi connectivity index (χ2n) is 6.35. The van der Waals surface area contributed by atoms with Crippen molar-refractivity contribution in [2.45, 2.75) is 33.2 Å². The predicted molar refractivity (Wildman–Crippen MR) is 126 cm³/mol. The standard InChI is InChI=1S/C20H32N6O2.HI/c1-5-28-14-8-12-21-20(23-15-19-25-24-16(2)26(19)3)22-13-11-17-9-6-7-10-18(17)27-4;/h6-7,9-10H,5,8,11-15H2,1-4H3,(H2,21,22,23);1H. The molecule has 0 aliphatic rings. The van der Waals surface area contributed by atoms with Crippen molar-refractivity contribution in [1.29, 1.82) is 0 Å². The maximum absolute atomic E-state index is 5.42. The summed E-state index contributed by atoms with van der Waals surface area (Å²) in [6, 6.07) is 8.06. The Kier molecular flexibility index (Phi) is 12.3. The molecule has 0 saturated heterocycles. The molecular formula is C20H33IN6O2. The maximum atomic E-state index is 5.42. The van der Waals surface area contributed by atoms with E-state index in [-0.39, 0.29) is 24.0 Å². The molecule has 9 heteroatoms. The van der Waals surface area contributed by atoms with E-state index in [1.165, 1.54) is 0 Å². The first kappa shape index (κ1) is 25.2. The topological polar surface area (TPSA) is 85.6 Å². The van der Waals surface area contributed by atoms with Crippen LogP contribution in [0.25, 0.3) is 0 Å². The number of guanidine groups is 1. The number of aliphatic imine (C=N–C) groups is 1. The number of nitrogens with one attached hydrogen (secondary N) is 2. The molecule has 29 heavy (non-hydrogen) atoms. The minimum absolute atomic E-state index is 0. The van der Waals surface area contributed by atoms with Crippen LogP contribution < -0.4 is 15.4 Å². The fourth-order valence-corrected chi connectivity index (χ4v) is 2.66. The monoisotopic (exact) mass is 516 g/mol. The van der Waals surface area contributed by atoms with Crippen LogP contribution in [-0.4, -0.2) is 54.1 Å². The number of halogens is 1. The number of nitrogens with zero attached hydrogens (tertiary/aromatic N) is 4. The second kappa shape index (κ2) is 14.2. The third-order valence-electron chi connectivity index (χ3n) is 4.40. The van der Waals surface area contributed by atoms with E-state index in [9.17, 15) is 0 Å². The van der Waals surface area contributed by atoms with E-state index in [2.05, 4.69) is 31.9 Å². The lowest BCUT2D eigenvalue weighted by molar-refractivity contribution is 0.145. The molecule has 1 aromatic carbocycles. The van der Waals surface area contributed by atoms with E-state index in [1.54, 1.807) is 7.11 Å². The summed E-state index contributed by atoms with van der Waals surface area (Å²) in [4.78, 5) is 4.66. The highest BCUT2D eigenvalue weighted by Crippen LogP contribution is 2.17. The molecule has 0 atom stereocenters. The highest BCUT2D eigenvalue weighted by Gasteiger charge is 2.06. The van der Waals surface area contributed by atoms with Gasteiger partial charge in [-0.3, -0.25) is 0 Å². The van der Waals surface area contributed by atoms with Crippen LogP contribution >= 0.6 is 24.0 Å². The largest absolute Gasteiger partial charge is 0.496 e. The molecule has 0 fully saturated rings. The Morgan fingerprint density at radius 1 is 1.17 bits per heavy atom. The number of para-hydroxylation sites is 1. The summed E-state index contributed by atoms with van der Waals surface area (Å²) >= 11 is 0. The summed E-state index contributed by atoms with van der Waals surface area (Å²) in [6.07, 6.45) is 1.76. The van der Waals surface area contributed by atoms with E-state index >= 15 is 0 Å². The van der Waals surface area contributed by atoms with Crippen LogP contribution in [0.5, 0.6) is 5.75 Å². The number of rotatable bonds is 11. The van der Waals surface area contributed by atoms with Crippen molar-refractivity contribution in [3.63, 3.8) is 0 Å². The van der Waals surface area contributed by atoms with Gasteiger partial charge in [0.2, 0.25) is 0 Å². The average Bonchev–Trinajstić information content (AvgIpc) is 3.03. The molecule has 0 spiro atoms. The van der Waals surface area contributed by atoms with Crippen molar-refractivity contribution in [2.24, 2.45) is 12.0 Å². The van der Waals surface area contributed by atoms with Gasteiger partial charge in [0.1, 0.15) is 18.1 Å². The molecule has 1 aromatic heterocycles. The molecule has 0 radical (unpaired) electrons. The third-order valence-corrected chi connectivity index (χ3v) is 4.40. The Morgan fingerprint density at radius 2 is 1.93 bits per heavy atom. The normalized spacial score (nSPS) is 11.1. The molecule has 0 aliphatic carbocycles. The minimum Gasteiger partial charge on any atom is -0.496 e. The van der Waals surface area contributed by atoms with Crippen LogP contribution in [-0.2, 0) is 24.8 Å². The molecule has 1 heterocycles. The zero-order valence-electron chi connectivity index (χ0n) is 17.8. The minimum atomic E-state index is 0. The molecular weight excluding hydrogens is 483 g/mol. The summed E-state index contributed by atoms with van der Waals surface area (Å²) < 4.78 is 12.8. The maximum Gasteiger partial charge on any atom is 0.191 e. The Labute approximate surface area is 190 Å². The summed E-state index contributed by atoms with van der Waals surface area (Å²) in [6.45, 7) is 7.41. The van der Waals surface area contributed by atoms with Gasteiger partial charge in [0.25, 0.3) is 0 Å². The Morgan fingerprint density at radius 3 is 2.62 bits per heavy atom. The molecule has 8 nitrogen and oxygen atoms in total. The summed E-state index contributed by atoms with van der Waals surface area (Å²) in [7, 11) is 3.65. The Balaban J connectivity index is 0.00000420. The summed E-state index contributed by atoms with van der Waals surface area (Å²) in [5, 5.41) is 15.0. The van der Waals surface area contributed by atoms with E-state index < -0.39 is 0 Å². The number of hydrogen-bond acceptors (Lipinski definition) is 5.